The Kier molecular flexibility index (Phi) is 6.73. The predicted molar refractivity (Wildman–Crippen MR) is 106 cm³/mol. The molecule has 0 aliphatic heterocycles. The molecule has 0 heterocycles. The summed E-state index contributed by atoms with van der Waals surface area (Å²) >= 11 is 0. The fraction of sp³-hybridized carbons (Fsp3) is 0.0870. The molecule has 0 aliphatic rings. The molecule has 3 aromatic rings. The fourth-order valence-electron chi connectivity index (χ4n) is 2.21. The van der Waals surface area contributed by atoms with Gasteiger partial charge < -0.3 is 0 Å². The first kappa shape index (κ1) is 17.4. The van der Waals surface area contributed by atoms with E-state index in [0.717, 1.165) is 11.3 Å². The summed E-state index contributed by atoms with van der Waals surface area (Å²) in [6, 6.07) is 26.4. The highest BCUT2D eigenvalue weighted by atomic mass is 14.7. The molecule has 1 heteroatoms. The molecule has 3 rings (SSSR count). The van der Waals surface area contributed by atoms with Crippen molar-refractivity contribution in [2.45, 2.75) is 13.8 Å². The van der Waals surface area contributed by atoms with Crippen LogP contribution in [0.1, 0.15) is 22.3 Å². The summed E-state index contributed by atoms with van der Waals surface area (Å²) in [5, 5.41) is 0. The van der Waals surface area contributed by atoms with Crippen molar-refractivity contribution < 1.29 is 0 Å². The molecular formula is C23H23N. The van der Waals surface area contributed by atoms with Crippen molar-refractivity contribution >= 4 is 18.0 Å². The third-order valence-corrected chi connectivity index (χ3v) is 3.68. The van der Waals surface area contributed by atoms with Gasteiger partial charge in [-0.2, -0.15) is 0 Å². The molecule has 0 fully saturated rings. The Morgan fingerprint density at radius 1 is 0.708 bits per heavy atom. The van der Waals surface area contributed by atoms with Gasteiger partial charge in [0.2, 0.25) is 0 Å². The fourth-order valence-corrected chi connectivity index (χ4v) is 2.21. The van der Waals surface area contributed by atoms with Crippen LogP contribution in [0.4, 0.5) is 5.69 Å². The van der Waals surface area contributed by atoms with Gasteiger partial charge in [0.25, 0.3) is 0 Å². The molecule has 0 atom stereocenters. The molecule has 0 spiro atoms. The summed E-state index contributed by atoms with van der Waals surface area (Å²) in [5.74, 6) is 0. The summed E-state index contributed by atoms with van der Waals surface area (Å²) in [5.41, 5.74) is 5.86. The zero-order valence-electron chi connectivity index (χ0n) is 14.3. The normalized spacial score (nSPS) is 10.1. The second-order valence-electron chi connectivity index (χ2n) is 5.52. The molecule has 0 amide bonds. The monoisotopic (exact) mass is 313 g/mol. The van der Waals surface area contributed by atoms with Crippen LogP contribution in [0.25, 0.3) is 6.08 Å². The lowest BCUT2D eigenvalue weighted by atomic mass is 10.1. The summed E-state index contributed by atoms with van der Waals surface area (Å²) in [6.07, 6.45) is 3.76. The first-order valence-electron chi connectivity index (χ1n) is 8.03. The number of aliphatic imine (C=N–C) groups is 1. The second kappa shape index (κ2) is 9.26. The summed E-state index contributed by atoms with van der Waals surface area (Å²) in [7, 11) is 0. The number of hydrogen-bond acceptors (Lipinski definition) is 1. The van der Waals surface area contributed by atoms with E-state index in [1.54, 1.807) is 0 Å². The number of rotatable bonds is 3. The highest BCUT2D eigenvalue weighted by molar-refractivity contribution is 5.82. The van der Waals surface area contributed by atoms with Crippen LogP contribution in [-0.2, 0) is 0 Å². The van der Waals surface area contributed by atoms with Crippen LogP contribution in [0.2, 0.25) is 0 Å². The average molecular weight is 313 g/mol. The van der Waals surface area contributed by atoms with Gasteiger partial charge in [-0.3, -0.25) is 4.99 Å². The molecule has 24 heavy (non-hydrogen) atoms. The Morgan fingerprint density at radius 3 is 1.88 bits per heavy atom. The van der Waals surface area contributed by atoms with E-state index in [2.05, 4.69) is 43.6 Å². The first-order valence-corrected chi connectivity index (χ1v) is 8.03. The minimum absolute atomic E-state index is 1.03. The quantitative estimate of drug-likeness (QED) is 0.497. The number of benzene rings is 3. The van der Waals surface area contributed by atoms with Crippen molar-refractivity contribution in [1.29, 1.82) is 0 Å². The van der Waals surface area contributed by atoms with Crippen LogP contribution in [0.15, 0.2) is 90.4 Å². The van der Waals surface area contributed by atoms with E-state index >= 15 is 0 Å². The lowest BCUT2D eigenvalue weighted by Gasteiger charge is -1.97. The smallest absolute Gasteiger partial charge is 0.0659 e. The molecule has 0 radical (unpaired) electrons. The van der Waals surface area contributed by atoms with E-state index < -0.39 is 0 Å². The van der Waals surface area contributed by atoms with Crippen molar-refractivity contribution in [3.05, 3.63) is 108 Å². The van der Waals surface area contributed by atoms with Crippen molar-refractivity contribution in [1.82, 2.24) is 0 Å². The molecule has 0 aliphatic carbocycles. The van der Waals surface area contributed by atoms with Gasteiger partial charge in [0.1, 0.15) is 0 Å². The molecule has 3 aromatic carbocycles. The van der Waals surface area contributed by atoms with Gasteiger partial charge in [-0.05, 0) is 42.2 Å². The average Bonchev–Trinajstić information content (AvgIpc) is 2.63. The Morgan fingerprint density at radius 2 is 1.29 bits per heavy atom. The van der Waals surface area contributed by atoms with Crippen molar-refractivity contribution in [2.75, 3.05) is 0 Å². The minimum Gasteiger partial charge on any atom is -0.256 e. The molecule has 0 bridgehead atoms. The topological polar surface area (TPSA) is 12.4 Å². The van der Waals surface area contributed by atoms with Gasteiger partial charge in [0.15, 0.2) is 0 Å². The SMILES string of the molecule is C=Cc1ccccc1C.Cc1ccccc1N=Cc1ccccc1. The van der Waals surface area contributed by atoms with Crippen LogP contribution in [0.3, 0.4) is 0 Å². The summed E-state index contributed by atoms with van der Waals surface area (Å²) in [6.45, 7) is 7.84. The van der Waals surface area contributed by atoms with E-state index in [-0.39, 0.29) is 0 Å². The minimum atomic E-state index is 1.03. The Balaban J connectivity index is 0.000000198. The molecule has 0 saturated heterocycles. The molecule has 0 aromatic heterocycles. The maximum atomic E-state index is 4.45. The number of hydrogen-bond donors (Lipinski definition) is 0. The van der Waals surface area contributed by atoms with Crippen molar-refractivity contribution in [2.24, 2.45) is 4.99 Å². The highest BCUT2D eigenvalue weighted by Crippen LogP contribution is 2.16. The molecule has 0 saturated carbocycles. The van der Waals surface area contributed by atoms with Crippen LogP contribution in [-0.4, -0.2) is 6.21 Å². The largest absolute Gasteiger partial charge is 0.256 e. The van der Waals surface area contributed by atoms with Gasteiger partial charge in [-0.25, -0.2) is 0 Å². The van der Waals surface area contributed by atoms with Crippen molar-refractivity contribution in [3.63, 3.8) is 0 Å². The number of para-hydroxylation sites is 1. The van der Waals surface area contributed by atoms with Crippen LogP contribution >= 0.6 is 0 Å². The van der Waals surface area contributed by atoms with Gasteiger partial charge in [0, 0.05) is 6.21 Å². The van der Waals surface area contributed by atoms with Crippen LogP contribution < -0.4 is 0 Å². The van der Waals surface area contributed by atoms with Gasteiger partial charge >= 0.3 is 0 Å². The summed E-state index contributed by atoms with van der Waals surface area (Å²) < 4.78 is 0. The molecular weight excluding hydrogens is 290 g/mol. The van der Waals surface area contributed by atoms with Crippen LogP contribution in [0, 0.1) is 13.8 Å². The van der Waals surface area contributed by atoms with Gasteiger partial charge in [0.05, 0.1) is 5.69 Å². The summed E-state index contributed by atoms with van der Waals surface area (Å²) in [4.78, 5) is 4.45. The molecule has 120 valence electrons. The first-order chi connectivity index (χ1) is 11.7. The lowest BCUT2D eigenvalue weighted by molar-refractivity contribution is 1.40. The highest BCUT2D eigenvalue weighted by Gasteiger charge is 1.92. The standard InChI is InChI=1S/C14H13N.C9H10/c1-12-7-5-6-10-14(12)15-11-13-8-3-2-4-9-13;1-3-9-7-5-4-6-8(9)2/h2-11H,1H3;3-7H,1H2,2H3. The Labute approximate surface area is 145 Å². The number of aryl methyl sites for hydroxylation is 2. The van der Waals surface area contributed by atoms with E-state index in [1.807, 2.05) is 73.0 Å². The Hall–Kier alpha value is -2.93. The van der Waals surface area contributed by atoms with E-state index in [4.69, 9.17) is 0 Å². The zero-order valence-corrected chi connectivity index (χ0v) is 14.3. The van der Waals surface area contributed by atoms with E-state index in [0.29, 0.717) is 0 Å². The molecule has 0 N–H and O–H groups in total. The number of nitrogens with zero attached hydrogens (tertiary/aromatic N) is 1. The second-order valence-corrected chi connectivity index (χ2v) is 5.52. The maximum absolute atomic E-state index is 4.45. The predicted octanol–water partition coefficient (Wildman–Crippen LogP) is 6.38. The Bertz CT molecular complexity index is 801. The molecule has 1 nitrogen and oxygen atoms in total. The van der Waals surface area contributed by atoms with Crippen molar-refractivity contribution in [3.8, 4) is 0 Å². The zero-order chi connectivity index (χ0) is 17.2. The van der Waals surface area contributed by atoms with E-state index in [9.17, 15) is 0 Å². The maximum Gasteiger partial charge on any atom is 0.0659 e. The molecule has 0 unspecified atom stereocenters. The third-order valence-electron chi connectivity index (χ3n) is 3.68. The lowest BCUT2D eigenvalue weighted by Crippen LogP contribution is -1.79. The van der Waals surface area contributed by atoms with Gasteiger partial charge in [-0.1, -0.05) is 85.5 Å². The van der Waals surface area contributed by atoms with Crippen LogP contribution in [0.5, 0.6) is 0 Å². The van der Waals surface area contributed by atoms with E-state index in [1.165, 1.54) is 16.7 Å². The third kappa shape index (κ3) is 5.36. The van der Waals surface area contributed by atoms with Gasteiger partial charge in [-0.15, -0.1) is 0 Å².